The van der Waals surface area contributed by atoms with Crippen molar-refractivity contribution in [2.75, 3.05) is 7.11 Å². The fourth-order valence-electron chi connectivity index (χ4n) is 1.75. The molecule has 2 aromatic rings. The van der Waals surface area contributed by atoms with Crippen molar-refractivity contribution in [1.82, 2.24) is 0 Å². The zero-order valence-electron chi connectivity index (χ0n) is 12.0. The van der Waals surface area contributed by atoms with Gasteiger partial charge in [-0.05, 0) is 29.8 Å². The molecule has 0 N–H and O–H groups in total. The Balaban J connectivity index is 2.19. The van der Waals surface area contributed by atoms with Crippen LogP contribution in [0.2, 0.25) is 0 Å². The molecular formula is C15H12F2O5S. The first-order chi connectivity index (χ1) is 10.8. The number of hydrogen-bond donors (Lipinski definition) is 0. The lowest BCUT2D eigenvalue weighted by Crippen LogP contribution is -2.12. The molecule has 0 spiro atoms. The van der Waals surface area contributed by atoms with Crippen LogP contribution in [0.25, 0.3) is 0 Å². The fraction of sp³-hybridized carbons (Fsp3) is 0.133. The molecule has 122 valence electrons. The summed E-state index contributed by atoms with van der Waals surface area (Å²) in [6.45, 7) is 0. The molecule has 23 heavy (non-hydrogen) atoms. The molecule has 0 fully saturated rings. The zero-order valence-corrected chi connectivity index (χ0v) is 12.8. The number of rotatable bonds is 5. The minimum atomic E-state index is -4.43. The number of carbonyl (C=O) groups excluding carboxylic acids is 1. The second-order valence-corrected chi connectivity index (χ2v) is 6.02. The summed E-state index contributed by atoms with van der Waals surface area (Å²) in [4.78, 5) is 10.4. The number of hydrogen-bond acceptors (Lipinski definition) is 5. The molecule has 0 aliphatic rings. The minimum Gasteiger partial charge on any atom is -0.469 e. The first kappa shape index (κ1) is 16.9. The maximum Gasteiger partial charge on any atom is 0.342 e. The van der Waals surface area contributed by atoms with Crippen molar-refractivity contribution >= 4 is 16.1 Å². The lowest BCUT2D eigenvalue weighted by atomic mass is 10.1. The minimum absolute atomic E-state index is 0.0239. The summed E-state index contributed by atoms with van der Waals surface area (Å²) in [6.07, 6.45) is 0.0239. The predicted octanol–water partition coefficient (Wildman–Crippen LogP) is 2.45. The summed E-state index contributed by atoms with van der Waals surface area (Å²) < 4.78 is 59.6. The van der Waals surface area contributed by atoms with Crippen LogP contribution < -0.4 is 4.18 Å². The van der Waals surface area contributed by atoms with Gasteiger partial charge in [0.25, 0.3) is 0 Å². The van der Waals surface area contributed by atoms with Gasteiger partial charge in [0.1, 0.15) is 22.3 Å². The van der Waals surface area contributed by atoms with Gasteiger partial charge in [0.2, 0.25) is 0 Å². The van der Waals surface area contributed by atoms with Gasteiger partial charge in [-0.2, -0.15) is 8.42 Å². The summed E-state index contributed by atoms with van der Waals surface area (Å²) in [5.41, 5.74) is 0.592. The third-order valence-corrected chi connectivity index (χ3v) is 4.15. The highest BCUT2D eigenvalue weighted by atomic mass is 32.2. The molecular weight excluding hydrogens is 330 g/mol. The summed E-state index contributed by atoms with van der Waals surface area (Å²) in [6, 6.07) is 7.64. The summed E-state index contributed by atoms with van der Waals surface area (Å²) in [7, 11) is -3.18. The highest BCUT2D eigenvalue weighted by Crippen LogP contribution is 2.22. The zero-order chi connectivity index (χ0) is 17.0. The van der Waals surface area contributed by atoms with Gasteiger partial charge in [0.05, 0.1) is 13.5 Å². The van der Waals surface area contributed by atoms with E-state index in [4.69, 9.17) is 4.18 Å². The van der Waals surface area contributed by atoms with Crippen molar-refractivity contribution in [2.24, 2.45) is 0 Å². The van der Waals surface area contributed by atoms with E-state index in [0.29, 0.717) is 11.6 Å². The Kier molecular flexibility index (Phi) is 4.95. The monoisotopic (exact) mass is 342 g/mol. The molecule has 0 unspecified atom stereocenters. The predicted molar refractivity (Wildman–Crippen MR) is 76.3 cm³/mol. The Labute approximate surface area is 131 Å². The average Bonchev–Trinajstić information content (AvgIpc) is 2.48. The van der Waals surface area contributed by atoms with Crippen LogP contribution in [0, 0.1) is 11.6 Å². The van der Waals surface area contributed by atoms with Gasteiger partial charge in [-0.25, -0.2) is 8.78 Å². The van der Waals surface area contributed by atoms with E-state index in [1.54, 1.807) is 0 Å². The van der Waals surface area contributed by atoms with Crippen LogP contribution >= 0.6 is 0 Å². The summed E-state index contributed by atoms with van der Waals surface area (Å²) in [5.74, 6) is -2.65. The van der Waals surface area contributed by atoms with Crippen LogP contribution in [0.1, 0.15) is 5.56 Å². The molecule has 0 aromatic heterocycles. The van der Waals surface area contributed by atoms with Crippen LogP contribution in [0.15, 0.2) is 47.4 Å². The van der Waals surface area contributed by atoms with Crippen LogP contribution in [0.4, 0.5) is 8.78 Å². The Morgan fingerprint density at radius 3 is 2.30 bits per heavy atom. The van der Waals surface area contributed by atoms with Crippen LogP contribution in [-0.4, -0.2) is 21.5 Å². The average molecular weight is 342 g/mol. The van der Waals surface area contributed by atoms with E-state index >= 15 is 0 Å². The first-order valence-electron chi connectivity index (χ1n) is 6.37. The Bertz CT molecular complexity index is 816. The molecule has 2 rings (SSSR count). The normalized spacial score (nSPS) is 11.1. The molecule has 0 saturated heterocycles. The van der Waals surface area contributed by atoms with Gasteiger partial charge in [0, 0.05) is 6.07 Å². The van der Waals surface area contributed by atoms with Crippen LogP contribution in [-0.2, 0) is 26.1 Å². The van der Waals surface area contributed by atoms with E-state index in [1.165, 1.54) is 31.4 Å². The molecule has 0 bridgehead atoms. The van der Waals surface area contributed by atoms with Crippen molar-refractivity contribution in [1.29, 1.82) is 0 Å². The van der Waals surface area contributed by atoms with Crippen LogP contribution in [0.3, 0.4) is 0 Å². The lowest BCUT2D eigenvalue weighted by molar-refractivity contribution is -0.139. The van der Waals surface area contributed by atoms with E-state index in [1.807, 2.05) is 0 Å². The van der Waals surface area contributed by atoms with Crippen LogP contribution in [0.5, 0.6) is 5.75 Å². The van der Waals surface area contributed by atoms with Crippen molar-refractivity contribution in [3.8, 4) is 5.75 Å². The molecule has 0 saturated carbocycles. The fourth-order valence-corrected chi connectivity index (χ4v) is 2.74. The third-order valence-electron chi connectivity index (χ3n) is 2.87. The Morgan fingerprint density at radius 2 is 1.74 bits per heavy atom. The SMILES string of the molecule is COC(=O)Cc1ccc(OS(=O)(=O)c2ccc(F)cc2F)cc1. The first-order valence-corrected chi connectivity index (χ1v) is 7.78. The van der Waals surface area contributed by atoms with E-state index < -0.39 is 32.6 Å². The number of carbonyl (C=O) groups is 1. The molecule has 5 nitrogen and oxygen atoms in total. The molecule has 0 atom stereocenters. The van der Waals surface area contributed by atoms with Gasteiger partial charge in [0.15, 0.2) is 0 Å². The molecule has 0 aliphatic carbocycles. The van der Waals surface area contributed by atoms with E-state index in [0.717, 1.165) is 12.1 Å². The number of esters is 1. The second kappa shape index (κ2) is 6.74. The number of ether oxygens (including phenoxy) is 1. The van der Waals surface area contributed by atoms with Gasteiger partial charge in [-0.1, -0.05) is 12.1 Å². The van der Waals surface area contributed by atoms with Gasteiger partial charge in [-0.15, -0.1) is 0 Å². The Morgan fingerprint density at radius 1 is 1.09 bits per heavy atom. The molecule has 0 radical (unpaired) electrons. The van der Waals surface area contributed by atoms with Crippen molar-refractivity contribution in [3.05, 3.63) is 59.7 Å². The highest BCUT2D eigenvalue weighted by Gasteiger charge is 2.22. The standard InChI is InChI=1S/C15H12F2O5S/c1-21-15(18)8-10-2-5-12(6-3-10)22-23(19,20)14-7-4-11(16)9-13(14)17/h2-7,9H,8H2,1H3. The summed E-state index contributed by atoms with van der Waals surface area (Å²) in [5, 5.41) is 0. The second-order valence-electron chi connectivity index (χ2n) is 4.51. The smallest absolute Gasteiger partial charge is 0.342 e. The largest absolute Gasteiger partial charge is 0.469 e. The highest BCUT2D eigenvalue weighted by molar-refractivity contribution is 7.87. The van der Waals surface area contributed by atoms with E-state index in [2.05, 4.69) is 4.74 Å². The lowest BCUT2D eigenvalue weighted by Gasteiger charge is -2.08. The van der Waals surface area contributed by atoms with Crippen molar-refractivity contribution in [3.63, 3.8) is 0 Å². The van der Waals surface area contributed by atoms with Crippen molar-refractivity contribution in [2.45, 2.75) is 11.3 Å². The molecule has 2 aromatic carbocycles. The number of halogens is 2. The Hall–Kier alpha value is -2.48. The third kappa shape index (κ3) is 4.26. The topological polar surface area (TPSA) is 69.7 Å². The van der Waals surface area contributed by atoms with E-state index in [-0.39, 0.29) is 12.2 Å². The van der Waals surface area contributed by atoms with Gasteiger partial charge in [-0.3, -0.25) is 4.79 Å². The van der Waals surface area contributed by atoms with Crippen molar-refractivity contribution < 1.29 is 30.9 Å². The molecule has 0 heterocycles. The quantitative estimate of drug-likeness (QED) is 0.617. The summed E-state index contributed by atoms with van der Waals surface area (Å²) >= 11 is 0. The maximum absolute atomic E-state index is 13.5. The number of benzene rings is 2. The number of methoxy groups -OCH3 is 1. The van der Waals surface area contributed by atoms with E-state index in [9.17, 15) is 22.0 Å². The molecule has 0 aliphatic heterocycles. The maximum atomic E-state index is 13.5. The van der Waals surface area contributed by atoms with Gasteiger partial charge < -0.3 is 8.92 Å². The molecule has 8 heteroatoms. The molecule has 0 amide bonds. The van der Waals surface area contributed by atoms with Gasteiger partial charge >= 0.3 is 16.1 Å².